The zero-order chi connectivity index (χ0) is 12.8. The van der Waals surface area contributed by atoms with Crippen LogP contribution in [0.25, 0.3) is 5.69 Å². The maximum Gasteiger partial charge on any atom is 0.247 e. The molecular formula is C12H16ClN5. The largest absolute Gasteiger partial charge is 0.353 e. The summed E-state index contributed by atoms with van der Waals surface area (Å²) in [6.07, 6.45) is 1.85. The summed E-state index contributed by atoms with van der Waals surface area (Å²) in [5, 5.41) is 15.0. The highest BCUT2D eigenvalue weighted by Gasteiger charge is 2.07. The maximum atomic E-state index is 6.06. The van der Waals surface area contributed by atoms with Gasteiger partial charge in [0.15, 0.2) is 0 Å². The first-order valence-corrected chi connectivity index (χ1v) is 6.46. The molecule has 1 unspecified atom stereocenters. The minimum Gasteiger partial charge on any atom is -0.353 e. The molecule has 0 aliphatic heterocycles. The zero-order valence-electron chi connectivity index (χ0n) is 10.3. The fraction of sp³-hybridized carbons (Fsp3) is 0.417. The lowest BCUT2D eigenvalue weighted by Crippen LogP contribution is -2.12. The van der Waals surface area contributed by atoms with Gasteiger partial charge in [0.1, 0.15) is 0 Å². The number of benzene rings is 1. The molecule has 0 saturated carbocycles. The first kappa shape index (κ1) is 12.8. The fourth-order valence-corrected chi connectivity index (χ4v) is 1.69. The van der Waals surface area contributed by atoms with Gasteiger partial charge >= 0.3 is 0 Å². The van der Waals surface area contributed by atoms with Crippen LogP contribution in [0.2, 0.25) is 0 Å². The summed E-state index contributed by atoms with van der Waals surface area (Å²) >= 11 is 6.06. The van der Waals surface area contributed by atoms with E-state index in [-0.39, 0.29) is 5.38 Å². The van der Waals surface area contributed by atoms with Gasteiger partial charge in [-0.3, -0.25) is 0 Å². The van der Waals surface area contributed by atoms with Gasteiger partial charge in [0.25, 0.3) is 0 Å². The molecule has 1 heterocycles. The summed E-state index contributed by atoms with van der Waals surface area (Å²) in [6.45, 7) is 2.83. The van der Waals surface area contributed by atoms with Crippen molar-refractivity contribution in [3.05, 3.63) is 30.3 Å². The lowest BCUT2D eigenvalue weighted by atomic mass is 10.2. The Morgan fingerprint density at radius 1 is 1.33 bits per heavy atom. The van der Waals surface area contributed by atoms with Crippen LogP contribution in [0.5, 0.6) is 0 Å². The van der Waals surface area contributed by atoms with Crippen molar-refractivity contribution < 1.29 is 0 Å². The molecule has 0 radical (unpaired) electrons. The molecule has 0 aliphatic carbocycles. The van der Waals surface area contributed by atoms with Gasteiger partial charge in [-0.25, -0.2) is 0 Å². The molecule has 0 bridgehead atoms. The summed E-state index contributed by atoms with van der Waals surface area (Å²) in [5.74, 6) is 0.640. The van der Waals surface area contributed by atoms with Crippen LogP contribution >= 0.6 is 11.6 Å². The Hall–Kier alpha value is -1.62. The lowest BCUT2D eigenvalue weighted by molar-refractivity contribution is 0.744. The molecule has 0 spiro atoms. The molecule has 1 aromatic heterocycles. The van der Waals surface area contributed by atoms with Crippen molar-refractivity contribution >= 4 is 17.5 Å². The monoisotopic (exact) mass is 265 g/mol. The van der Waals surface area contributed by atoms with E-state index in [9.17, 15) is 0 Å². The van der Waals surface area contributed by atoms with Crippen molar-refractivity contribution in [1.82, 2.24) is 20.2 Å². The first-order valence-electron chi connectivity index (χ1n) is 6.03. The number of aromatic nitrogens is 4. The van der Waals surface area contributed by atoms with Gasteiger partial charge < -0.3 is 5.32 Å². The molecule has 0 amide bonds. The number of alkyl halides is 1. The summed E-state index contributed by atoms with van der Waals surface area (Å²) in [7, 11) is 0. The molecule has 1 atom stereocenters. The zero-order valence-corrected chi connectivity index (χ0v) is 11.0. The quantitative estimate of drug-likeness (QED) is 0.816. The van der Waals surface area contributed by atoms with E-state index < -0.39 is 0 Å². The second-order valence-electron chi connectivity index (χ2n) is 3.97. The minimum atomic E-state index is 0.193. The third kappa shape index (κ3) is 3.20. The van der Waals surface area contributed by atoms with Gasteiger partial charge in [0, 0.05) is 11.9 Å². The third-order valence-corrected chi connectivity index (χ3v) is 3.18. The number of hydrogen-bond acceptors (Lipinski definition) is 4. The SMILES string of the molecule is CCC(Cl)CCNc1nnnn1-c1ccccc1. The molecule has 96 valence electrons. The highest BCUT2D eigenvalue weighted by molar-refractivity contribution is 6.20. The smallest absolute Gasteiger partial charge is 0.247 e. The number of hydrogen-bond donors (Lipinski definition) is 1. The molecule has 0 fully saturated rings. The number of para-hydroxylation sites is 1. The number of rotatable bonds is 6. The lowest BCUT2D eigenvalue weighted by Gasteiger charge is -2.08. The highest BCUT2D eigenvalue weighted by atomic mass is 35.5. The van der Waals surface area contributed by atoms with Crippen LogP contribution in [0, 0.1) is 0 Å². The molecule has 2 aromatic rings. The first-order chi connectivity index (χ1) is 8.81. The second kappa shape index (κ2) is 6.35. The van der Waals surface area contributed by atoms with Gasteiger partial charge in [0.2, 0.25) is 5.95 Å². The Kier molecular flexibility index (Phi) is 4.52. The highest BCUT2D eigenvalue weighted by Crippen LogP contribution is 2.11. The van der Waals surface area contributed by atoms with Crippen molar-refractivity contribution in [2.75, 3.05) is 11.9 Å². The van der Waals surface area contributed by atoms with E-state index in [1.54, 1.807) is 4.68 Å². The van der Waals surface area contributed by atoms with Crippen LogP contribution in [0.1, 0.15) is 19.8 Å². The Labute approximate surface area is 111 Å². The van der Waals surface area contributed by atoms with E-state index in [4.69, 9.17) is 11.6 Å². The predicted molar refractivity (Wildman–Crippen MR) is 72.2 cm³/mol. The standard InChI is InChI=1S/C12H16ClN5/c1-2-10(13)8-9-14-12-15-16-17-18(12)11-6-4-3-5-7-11/h3-7,10H,2,8-9H2,1H3,(H,14,15,17). The van der Waals surface area contributed by atoms with Crippen molar-refractivity contribution in [1.29, 1.82) is 0 Å². The van der Waals surface area contributed by atoms with E-state index in [0.717, 1.165) is 25.1 Å². The third-order valence-electron chi connectivity index (χ3n) is 2.65. The van der Waals surface area contributed by atoms with Crippen molar-refractivity contribution in [2.45, 2.75) is 25.1 Å². The molecule has 18 heavy (non-hydrogen) atoms. The van der Waals surface area contributed by atoms with E-state index in [1.807, 2.05) is 30.3 Å². The second-order valence-corrected chi connectivity index (χ2v) is 4.59. The molecule has 5 nitrogen and oxygen atoms in total. The maximum absolute atomic E-state index is 6.06. The van der Waals surface area contributed by atoms with Crippen LogP contribution in [-0.2, 0) is 0 Å². The summed E-state index contributed by atoms with van der Waals surface area (Å²) in [6, 6.07) is 9.77. The molecular weight excluding hydrogens is 250 g/mol. The molecule has 6 heteroatoms. The van der Waals surface area contributed by atoms with Crippen LogP contribution in [-0.4, -0.2) is 32.1 Å². The van der Waals surface area contributed by atoms with E-state index in [2.05, 4.69) is 27.8 Å². The van der Waals surface area contributed by atoms with Crippen LogP contribution in [0.4, 0.5) is 5.95 Å². The number of nitrogens with zero attached hydrogens (tertiary/aromatic N) is 4. The van der Waals surface area contributed by atoms with Gasteiger partial charge in [0.05, 0.1) is 5.69 Å². The summed E-state index contributed by atoms with van der Waals surface area (Å²) < 4.78 is 1.68. The fourth-order valence-electron chi connectivity index (χ4n) is 1.59. The van der Waals surface area contributed by atoms with E-state index in [0.29, 0.717) is 5.95 Å². The Bertz CT molecular complexity index is 470. The van der Waals surface area contributed by atoms with Crippen molar-refractivity contribution in [3.63, 3.8) is 0 Å². The molecule has 1 N–H and O–H groups in total. The normalized spacial score (nSPS) is 12.3. The van der Waals surface area contributed by atoms with Gasteiger partial charge in [-0.15, -0.1) is 11.6 Å². The van der Waals surface area contributed by atoms with E-state index in [1.165, 1.54) is 0 Å². The average Bonchev–Trinajstić information content (AvgIpc) is 2.88. The summed E-state index contributed by atoms with van der Waals surface area (Å²) in [5.41, 5.74) is 0.933. The van der Waals surface area contributed by atoms with E-state index >= 15 is 0 Å². The van der Waals surface area contributed by atoms with Gasteiger partial charge in [-0.1, -0.05) is 30.2 Å². The number of halogens is 1. The Morgan fingerprint density at radius 2 is 2.11 bits per heavy atom. The number of anilines is 1. The molecule has 0 saturated heterocycles. The van der Waals surface area contributed by atoms with Crippen LogP contribution < -0.4 is 5.32 Å². The van der Waals surface area contributed by atoms with Crippen molar-refractivity contribution in [3.8, 4) is 5.69 Å². The minimum absolute atomic E-state index is 0.193. The van der Waals surface area contributed by atoms with Crippen molar-refractivity contribution in [2.24, 2.45) is 0 Å². The van der Waals surface area contributed by atoms with Crippen LogP contribution in [0.3, 0.4) is 0 Å². The number of nitrogens with one attached hydrogen (secondary N) is 1. The summed E-state index contributed by atoms with van der Waals surface area (Å²) in [4.78, 5) is 0. The topological polar surface area (TPSA) is 55.6 Å². The average molecular weight is 266 g/mol. The molecule has 2 rings (SSSR count). The van der Waals surface area contributed by atoms with Gasteiger partial charge in [-0.05, 0) is 35.4 Å². The Morgan fingerprint density at radius 3 is 2.83 bits per heavy atom. The molecule has 1 aromatic carbocycles. The molecule has 0 aliphatic rings. The van der Waals surface area contributed by atoms with Gasteiger partial charge in [-0.2, -0.15) is 4.68 Å². The Balaban J connectivity index is 2.00. The number of tetrazole rings is 1. The van der Waals surface area contributed by atoms with Crippen LogP contribution in [0.15, 0.2) is 30.3 Å². The predicted octanol–water partition coefficient (Wildman–Crippen LogP) is 2.48.